The molecule has 0 spiro atoms. The SMILES string of the molecule is O=C(Nc1ccc(OCC2CCCO2)cc1)c1cccc([N+](=O)[O-])c1. The van der Waals surface area contributed by atoms with Crippen LogP contribution in [0.15, 0.2) is 48.5 Å². The van der Waals surface area contributed by atoms with E-state index >= 15 is 0 Å². The first-order chi connectivity index (χ1) is 12.1. The Labute approximate surface area is 144 Å². The van der Waals surface area contributed by atoms with Crippen molar-refractivity contribution in [1.82, 2.24) is 0 Å². The summed E-state index contributed by atoms with van der Waals surface area (Å²) in [7, 11) is 0. The molecule has 130 valence electrons. The van der Waals surface area contributed by atoms with Crippen LogP contribution in [-0.4, -0.2) is 30.1 Å². The third-order valence-corrected chi connectivity index (χ3v) is 3.89. The minimum atomic E-state index is -0.531. The predicted octanol–water partition coefficient (Wildman–Crippen LogP) is 3.40. The van der Waals surface area contributed by atoms with Crippen LogP contribution in [0.3, 0.4) is 0 Å². The minimum absolute atomic E-state index is 0.120. The Bertz CT molecular complexity index is 754. The lowest BCUT2D eigenvalue weighted by Gasteiger charge is -2.12. The Hall–Kier alpha value is -2.93. The molecule has 0 aliphatic carbocycles. The highest BCUT2D eigenvalue weighted by Gasteiger charge is 2.16. The van der Waals surface area contributed by atoms with Crippen LogP contribution >= 0.6 is 0 Å². The van der Waals surface area contributed by atoms with Gasteiger partial charge in [0.05, 0.1) is 11.0 Å². The van der Waals surface area contributed by atoms with Gasteiger partial charge in [-0.05, 0) is 43.2 Å². The number of anilines is 1. The summed E-state index contributed by atoms with van der Waals surface area (Å²) in [6.07, 6.45) is 2.22. The van der Waals surface area contributed by atoms with Crippen LogP contribution in [0, 0.1) is 10.1 Å². The van der Waals surface area contributed by atoms with E-state index in [4.69, 9.17) is 9.47 Å². The maximum absolute atomic E-state index is 12.2. The molecule has 7 nitrogen and oxygen atoms in total. The molecule has 0 saturated carbocycles. The molecule has 1 atom stereocenters. The van der Waals surface area contributed by atoms with Crippen molar-refractivity contribution in [3.05, 3.63) is 64.2 Å². The maximum Gasteiger partial charge on any atom is 0.270 e. The van der Waals surface area contributed by atoms with E-state index < -0.39 is 10.8 Å². The lowest BCUT2D eigenvalue weighted by atomic mass is 10.2. The quantitative estimate of drug-likeness (QED) is 0.642. The van der Waals surface area contributed by atoms with Gasteiger partial charge in [0.25, 0.3) is 11.6 Å². The molecule has 2 aromatic carbocycles. The van der Waals surface area contributed by atoms with Gasteiger partial charge in [-0.3, -0.25) is 14.9 Å². The Morgan fingerprint density at radius 2 is 2.08 bits per heavy atom. The largest absolute Gasteiger partial charge is 0.491 e. The Morgan fingerprint density at radius 1 is 1.28 bits per heavy atom. The fourth-order valence-corrected chi connectivity index (χ4v) is 2.56. The zero-order valence-corrected chi connectivity index (χ0v) is 13.5. The number of non-ortho nitro benzene ring substituents is 1. The number of rotatable bonds is 6. The second-order valence-electron chi connectivity index (χ2n) is 5.73. The predicted molar refractivity (Wildman–Crippen MR) is 92.0 cm³/mol. The normalized spacial score (nSPS) is 16.4. The van der Waals surface area contributed by atoms with Gasteiger partial charge < -0.3 is 14.8 Å². The zero-order chi connectivity index (χ0) is 17.6. The van der Waals surface area contributed by atoms with Gasteiger partial charge in [0, 0.05) is 30.0 Å². The highest BCUT2D eigenvalue weighted by molar-refractivity contribution is 6.04. The first-order valence-electron chi connectivity index (χ1n) is 8.02. The average molecular weight is 342 g/mol. The number of nitrogens with one attached hydrogen (secondary N) is 1. The summed E-state index contributed by atoms with van der Waals surface area (Å²) in [6.45, 7) is 1.30. The van der Waals surface area contributed by atoms with E-state index in [1.165, 1.54) is 24.3 Å². The minimum Gasteiger partial charge on any atom is -0.491 e. The van der Waals surface area contributed by atoms with Crippen LogP contribution in [-0.2, 0) is 4.74 Å². The van der Waals surface area contributed by atoms with Crippen LogP contribution in [0.2, 0.25) is 0 Å². The highest BCUT2D eigenvalue weighted by Crippen LogP contribution is 2.20. The van der Waals surface area contributed by atoms with Crippen molar-refractivity contribution in [3.63, 3.8) is 0 Å². The fraction of sp³-hybridized carbons (Fsp3) is 0.278. The van der Waals surface area contributed by atoms with Crippen molar-refractivity contribution in [2.24, 2.45) is 0 Å². The molecule has 1 saturated heterocycles. The molecule has 1 aliphatic rings. The van der Waals surface area contributed by atoms with E-state index in [0.717, 1.165) is 19.4 Å². The summed E-state index contributed by atoms with van der Waals surface area (Å²) in [5, 5.41) is 13.5. The summed E-state index contributed by atoms with van der Waals surface area (Å²) in [5.41, 5.74) is 0.694. The second-order valence-corrected chi connectivity index (χ2v) is 5.73. The molecule has 2 aromatic rings. The molecule has 1 amide bonds. The molecule has 1 aliphatic heterocycles. The molecular weight excluding hydrogens is 324 g/mol. The number of benzene rings is 2. The smallest absolute Gasteiger partial charge is 0.270 e. The summed E-state index contributed by atoms with van der Waals surface area (Å²) in [6, 6.07) is 12.6. The highest BCUT2D eigenvalue weighted by atomic mass is 16.6. The van der Waals surface area contributed by atoms with Crippen LogP contribution in [0.1, 0.15) is 23.2 Å². The van der Waals surface area contributed by atoms with Crippen molar-refractivity contribution in [1.29, 1.82) is 0 Å². The van der Waals surface area contributed by atoms with Gasteiger partial charge >= 0.3 is 0 Å². The second kappa shape index (κ2) is 7.76. The summed E-state index contributed by atoms with van der Waals surface area (Å²) < 4.78 is 11.2. The van der Waals surface area contributed by atoms with Gasteiger partial charge in [-0.25, -0.2) is 0 Å². The van der Waals surface area contributed by atoms with Crippen molar-refractivity contribution in [3.8, 4) is 5.75 Å². The van der Waals surface area contributed by atoms with Gasteiger partial charge in [0.2, 0.25) is 0 Å². The fourth-order valence-electron chi connectivity index (χ4n) is 2.56. The third kappa shape index (κ3) is 4.54. The van der Waals surface area contributed by atoms with E-state index in [-0.39, 0.29) is 17.4 Å². The Morgan fingerprint density at radius 3 is 2.76 bits per heavy atom. The van der Waals surface area contributed by atoms with Gasteiger partial charge in [0.15, 0.2) is 0 Å². The number of nitrogens with zero attached hydrogens (tertiary/aromatic N) is 1. The standard InChI is InChI=1S/C18H18N2O5/c21-18(13-3-1-4-15(11-13)20(22)23)19-14-6-8-16(9-7-14)25-12-17-5-2-10-24-17/h1,3-4,6-9,11,17H,2,5,10,12H2,(H,19,21). The maximum atomic E-state index is 12.2. The Balaban J connectivity index is 1.58. The lowest BCUT2D eigenvalue weighted by molar-refractivity contribution is -0.384. The van der Waals surface area contributed by atoms with E-state index in [1.54, 1.807) is 24.3 Å². The molecule has 3 rings (SSSR count). The number of ether oxygens (including phenoxy) is 2. The molecule has 7 heteroatoms. The lowest BCUT2D eigenvalue weighted by Crippen LogP contribution is -2.16. The van der Waals surface area contributed by atoms with E-state index in [2.05, 4.69) is 5.32 Å². The molecule has 1 heterocycles. The number of hydrogen-bond acceptors (Lipinski definition) is 5. The van der Waals surface area contributed by atoms with Gasteiger partial charge in [-0.1, -0.05) is 6.07 Å². The molecular formula is C18H18N2O5. The van der Waals surface area contributed by atoms with Crippen molar-refractivity contribution < 1.29 is 19.2 Å². The van der Waals surface area contributed by atoms with Gasteiger partial charge in [-0.15, -0.1) is 0 Å². The molecule has 25 heavy (non-hydrogen) atoms. The summed E-state index contributed by atoms with van der Waals surface area (Å²) >= 11 is 0. The number of nitro groups is 1. The number of carbonyl (C=O) groups is 1. The van der Waals surface area contributed by atoms with Gasteiger partial charge in [-0.2, -0.15) is 0 Å². The van der Waals surface area contributed by atoms with Crippen molar-refractivity contribution >= 4 is 17.3 Å². The monoisotopic (exact) mass is 342 g/mol. The van der Waals surface area contributed by atoms with Crippen molar-refractivity contribution in [2.45, 2.75) is 18.9 Å². The molecule has 1 fully saturated rings. The number of amides is 1. The molecule has 0 aromatic heterocycles. The van der Waals surface area contributed by atoms with Crippen LogP contribution < -0.4 is 10.1 Å². The summed E-state index contributed by atoms with van der Waals surface area (Å²) in [5.74, 6) is 0.292. The number of hydrogen-bond donors (Lipinski definition) is 1. The number of carbonyl (C=O) groups excluding carboxylic acids is 1. The summed E-state index contributed by atoms with van der Waals surface area (Å²) in [4.78, 5) is 22.4. The third-order valence-electron chi connectivity index (χ3n) is 3.89. The molecule has 0 radical (unpaired) electrons. The van der Waals surface area contributed by atoms with Crippen LogP contribution in [0.4, 0.5) is 11.4 Å². The zero-order valence-electron chi connectivity index (χ0n) is 13.5. The van der Waals surface area contributed by atoms with Crippen LogP contribution in [0.25, 0.3) is 0 Å². The first-order valence-corrected chi connectivity index (χ1v) is 8.02. The number of nitro benzene ring substituents is 1. The molecule has 1 N–H and O–H groups in total. The van der Waals surface area contributed by atoms with Gasteiger partial charge in [0.1, 0.15) is 12.4 Å². The topological polar surface area (TPSA) is 90.7 Å². The Kier molecular flexibility index (Phi) is 5.25. The van der Waals surface area contributed by atoms with Crippen LogP contribution in [0.5, 0.6) is 5.75 Å². The van der Waals surface area contributed by atoms with Crippen molar-refractivity contribution in [2.75, 3.05) is 18.5 Å². The molecule has 1 unspecified atom stereocenters. The first kappa shape index (κ1) is 16.9. The van der Waals surface area contributed by atoms with E-state index in [0.29, 0.717) is 18.0 Å². The average Bonchev–Trinajstić information content (AvgIpc) is 3.15. The van der Waals surface area contributed by atoms with E-state index in [1.807, 2.05) is 0 Å². The molecule has 0 bridgehead atoms. The van der Waals surface area contributed by atoms with E-state index in [9.17, 15) is 14.9 Å².